The number of nitrogens with zero attached hydrogens (tertiary/aromatic N) is 4. The highest BCUT2D eigenvalue weighted by Gasteiger charge is 2.22. The maximum Gasteiger partial charge on any atom is 0.278 e. The van der Waals surface area contributed by atoms with Gasteiger partial charge in [0.15, 0.2) is 0 Å². The van der Waals surface area contributed by atoms with E-state index in [1.54, 1.807) is 36.0 Å². The second-order valence-corrected chi connectivity index (χ2v) is 4.26. The summed E-state index contributed by atoms with van der Waals surface area (Å²) in [4.78, 5) is 14.0. The first kappa shape index (κ1) is 13.6. The van der Waals surface area contributed by atoms with E-state index in [1.165, 1.54) is 11.1 Å². The lowest BCUT2D eigenvalue weighted by atomic mass is 10.1. The summed E-state index contributed by atoms with van der Waals surface area (Å²) in [5.74, 6) is -0.287. The number of hydrogen-bond acceptors (Lipinski definition) is 4. The summed E-state index contributed by atoms with van der Waals surface area (Å²) in [6, 6.07) is 8.99. The molecular weight excluding hydrogens is 254 g/mol. The number of benzene rings is 1. The number of anilines is 2. The standard InChI is InChI=1S/C14H15N5O/c1-3-19-13(11(16)9-17-19)14(20)18(2)12-7-5-4-6-10(12)8-15/h4-7,9H,3,16H2,1-2H3. The Morgan fingerprint density at radius 3 is 2.85 bits per heavy atom. The Hall–Kier alpha value is -2.81. The van der Waals surface area contributed by atoms with Gasteiger partial charge in [0.1, 0.15) is 11.8 Å². The summed E-state index contributed by atoms with van der Waals surface area (Å²) in [5.41, 5.74) is 7.46. The lowest BCUT2D eigenvalue weighted by Gasteiger charge is -2.19. The maximum absolute atomic E-state index is 12.6. The van der Waals surface area contributed by atoms with Crippen molar-refractivity contribution in [3.05, 3.63) is 41.7 Å². The van der Waals surface area contributed by atoms with E-state index in [0.29, 0.717) is 29.2 Å². The van der Waals surface area contributed by atoms with Crippen LogP contribution in [0.5, 0.6) is 0 Å². The lowest BCUT2D eigenvalue weighted by molar-refractivity contribution is 0.0983. The van der Waals surface area contributed by atoms with Crippen LogP contribution in [0.15, 0.2) is 30.5 Å². The van der Waals surface area contributed by atoms with Crippen LogP contribution in [0.3, 0.4) is 0 Å². The van der Waals surface area contributed by atoms with Gasteiger partial charge in [0.25, 0.3) is 5.91 Å². The zero-order valence-electron chi connectivity index (χ0n) is 11.4. The number of nitrogen functional groups attached to an aromatic ring is 1. The molecule has 0 bridgehead atoms. The molecule has 6 nitrogen and oxygen atoms in total. The summed E-state index contributed by atoms with van der Waals surface area (Å²) in [5, 5.41) is 13.2. The Morgan fingerprint density at radius 2 is 2.20 bits per heavy atom. The van der Waals surface area contributed by atoms with Gasteiger partial charge in [-0.2, -0.15) is 10.4 Å². The molecule has 1 amide bonds. The average Bonchev–Trinajstić information content (AvgIpc) is 2.86. The van der Waals surface area contributed by atoms with Crippen LogP contribution in [0.4, 0.5) is 11.4 Å². The van der Waals surface area contributed by atoms with Gasteiger partial charge in [-0.05, 0) is 19.1 Å². The molecule has 0 fully saturated rings. The summed E-state index contributed by atoms with van der Waals surface area (Å²) in [6.45, 7) is 2.43. The molecule has 0 saturated heterocycles. The molecule has 0 radical (unpaired) electrons. The molecule has 0 aliphatic rings. The second kappa shape index (κ2) is 5.45. The van der Waals surface area contributed by atoms with E-state index in [4.69, 9.17) is 11.0 Å². The number of nitriles is 1. The molecule has 2 aromatic rings. The molecule has 0 aliphatic carbocycles. The molecule has 102 valence electrons. The van der Waals surface area contributed by atoms with Gasteiger partial charge in [-0.25, -0.2) is 0 Å². The minimum Gasteiger partial charge on any atom is -0.396 e. The summed E-state index contributed by atoms with van der Waals surface area (Å²) >= 11 is 0. The predicted molar refractivity (Wildman–Crippen MR) is 76.2 cm³/mol. The molecule has 1 aromatic heterocycles. The number of carbonyl (C=O) groups excluding carboxylic acids is 1. The smallest absolute Gasteiger partial charge is 0.278 e. The normalized spacial score (nSPS) is 10.1. The zero-order chi connectivity index (χ0) is 14.7. The van der Waals surface area contributed by atoms with Gasteiger partial charge >= 0.3 is 0 Å². The quantitative estimate of drug-likeness (QED) is 0.917. The number of para-hydroxylation sites is 1. The summed E-state index contributed by atoms with van der Waals surface area (Å²) in [6.07, 6.45) is 1.46. The zero-order valence-corrected chi connectivity index (χ0v) is 11.4. The fourth-order valence-electron chi connectivity index (χ4n) is 2.00. The molecule has 0 unspecified atom stereocenters. The van der Waals surface area contributed by atoms with E-state index >= 15 is 0 Å². The van der Waals surface area contributed by atoms with Gasteiger partial charge in [0.05, 0.1) is 23.1 Å². The van der Waals surface area contributed by atoms with Crippen molar-refractivity contribution >= 4 is 17.3 Å². The highest BCUT2D eigenvalue weighted by Crippen LogP contribution is 2.22. The van der Waals surface area contributed by atoms with Crippen molar-refractivity contribution in [3.63, 3.8) is 0 Å². The van der Waals surface area contributed by atoms with E-state index in [-0.39, 0.29) is 5.91 Å². The number of aromatic nitrogens is 2. The van der Waals surface area contributed by atoms with Crippen LogP contribution >= 0.6 is 0 Å². The third-order valence-corrected chi connectivity index (χ3v) is 3.06. The number of hydrogen-bond donors (Lipinski definition) is 1. The Labute approximate surface area is 117 Å². The lowest BCUT2D eigenvalue weighted by Crippen LogP contribution is -2.30. The van der Waals surface area contributed by atoms with Gasteiger partial charge in [-0.1, -0.05) is 12.1 Å². The first-order valence-corrected chi connectivity index (χ1v) is 6.18. The van der Waals surface area contributed by atoms with E-state index in [0.717, 1.165) is 0 Å². The minimum absolute atomic E-state index is 0.287. The highest BCUT2D eigenvalue weighted by atomic mass is 16.2. The molecular formula is C14H15N5O. The molecule has 1 aromatic carbocycles. The predicted octanol–water partition coefficient (Wildman–Crippen LogP) is 1.63. The van der Waals surface area contributed by atoms with E-state index in [2.05, 4.69) is 11.2 Å². The van der Waals surface area contributed by atoms with Gasteiger partial charge in [-0.3, -0.25) is 9.48 Å². The molecule has 20 heavy (non-hydrogen) atoms. The fourth-order valence-corrected chi connectivity index (χ4v) is 2.00. The van der Waals surface area contributed by atoms with Crippen molar-refractivity contribution in [1.82, 2.24) is 9.78 Å². The first-order valence-electron chi connectivity index (χ1n) is 6.18. The van der Waals surface area contributed by atoms with Gasteiger partial charge < -0.3 is 10.6 Å². The number of aryl methyl sites for hydroxylation is 1. The number of rotatable bonds is 3. The van der Waals surface area contributed by atoms with Crippen molar-refractivity contribution in [2.24, 2.45) is 0 Å². The van der Waals surface area contributed by atoms with E-state index < -0.39 is 0 Å². The monoisotopic (exact) mass is 269 g/mol. The molecule has 0 aliphatic heterocycles. The summed E-state index contributed by atoms with van der Waals surface area (Å²) < 4.78 is 1.54. The molecule has 2 N–H and O–H groups in total. The third kappa shape index (κ3) is 2.21. The van der Waals surface area contributed by atoms with Crippen LogP contribution in [0.1, 0.15) is 23.0 Å². The van der Waals surface area contributed by atoms with Crippen molar-refractivity contribution < 1.29 is 4.79 Å². The molecule has 0 atom stereocenters. The van der Waals surface area contributed by atoms with Crippen molar-refractivity contribution in [2.45, 2.75) is 13.5 Å². The van der Waals surface area contributed by atoms with Crippen LogP contribution in [-0.2, 0) is 6.54 Å². The number of nitrogens with two attached hydrogens (primary N) is 1. The molecule has 1 heterocycles. The van der Waals surface area contributed by atoms with Crippen LogP contribution in [0.25, 0.3) is 0 Å². The molecule has 2 rings (SSSR count). The third-order valence-electron chi connectivity index (χ3n) is 3.06. The SMILES string of the molecule is CCn1ncc(N)c1C(=O)N(C)c1ccccc1C#N. The maximum atomic E-state index is 12.6. The van der Waals surface area contributed by atoms with E-state index in [9.17, 15) is 4.79 Å². The van der Waals surface area contributed by atoms with Crippen molar-refractivity contribution in [3.8, 4) is 6.07 Å². The van der Waals surface area contributed by atoms with E-state index in [1.807, 2.05) is 6.92 Å². The molecule has 0 saturated carbocycles. The van der Waals surface area contributed by atoms with Crippen LogP contribution < -0.4 is 10.6 Å². The Kier molecular flexibility index (Phi) is 3.71. The second-order valence-electron chi connectivity index (χ2n) is 4.26. The Morgan fingerprint density at radius 1 is 1.50 bits per heavy atom. The van der Waals surface area contributed by atoms with Crippen molar-refractivity contribution in [1.29, 1.82) is 5.26 Å². The average molecular weight is 269 g/mol. The number of amides is 1. The van der Waals surface area contributed by atoms with Crippen molar-refractivity contribution in [2.75, 3.05) is 17.7 Å². The van der Waals surface area contributed by atoms with Gasteiger partial charge in [0.2, 0.25) is 0 Å². The largest absolute Gasteiger partial charge is 0.396 e. The Balaban J connectivity index is 2.43. The van der Waals surface area contributed by atoms with Crippen LogP contribution in [0.2, 0.25) is 0 Å². The number of carbonyl (C=O) groups is 1. The molecule has 0 spiro atoms. The minimum atomic E-state index is -0.287. The fraction of sp³-hybridized carbons (Fsp3) is 0.214. The Bertz CT molecular complexity index is 683. The summed E-state index contributed by atoms with van der Waals surface area (Å²) in [7, 11) is 1.62. The van der Waals surface area contributed by atoms with Crippen LogP contribution in [0, 0.1) is 11.3 Å². The van der Waals surface area contributed by atoms with Crippen LogP contribution in [-0.4, -0.2) is 22.7 Å². The molecule has 6 heteroatoms. The highest BCUT2D eigenvalue weighted by molar-refractivity contribution is 6.08. The van der Waals surface area contributed by atoms with Gasteiger partial charge in [0, 0.05) is 13.6 Å². The van der Waals surface area contributed by atoms with Gasteiger partial charge in [-0.15, -0.1) is 0 Å². The topological polar surface area (TPSA) is 87.9 Å². The first-order chi connectivity index (χ1) is 9.60.